The van der Waals surface area contributed by atoms with E-state index < -0.39 is 12.7 Å². The molecule has 0 aromatic heterocycles. The zero-order valence-electron chi connectivity index (χ0n) is 12.0. The summed E-state index contributed by atoms with van der Waals surface area (Å²) in [5.41, 5.74) is 1.09. The van der Waals surface area contributed by atoms with Gasteiger partial charge in [0.25, 0.3) is 0 Å². The largest absolute Gasteiger partial charge is 0.401 e. The van der Waals surface area contributed by atoms with Crippen molar-refractivity contribution in [3.05, 3.63) is 34.3 Å². The van der Waals surface area contributed by atoms with Crippen molar-refractivity contribution in [2.75, 3.05) is 20.1 Å². The Morgan fingerprint density at radius 1 is 1.38 bits per heavy atom. The van der Waals surface area contributed by atoms with Crippen LogP contribution < -0.4 is 5.32 Å². The third-order valence-corrected chi connectivity index (χ3v) is 4.24. The van der Waals surface area contributed by atoms with E-state index in [0.717, 1.165) is 22.9 Å². The molecule has 1 saturated carbocycles. The van der Waals surface area contributed by atoms with E-state index in [1.165, 1.54) is 0 Å². The van der Waals surface area contributed by atoms with Crippen molar-refractivity contribution in [2.24, 2.45) is 0 Å². The van der Waals surface area contributed by atoms with Crippen LogP contribution in [-0.4, -0.2) is 37.3 Å². The first kappa shape index (κ1) is 16.8. The van der Waals surface area contributed by atoms with Gasteiger partial charge in [-0.05, 0) is 44.0 Å². The first-order valence-corrected chi connectivity index (χ1v) is 7.92. The van der Waals surface area contributed by atoms with E-state index in [-0.39, 0.29) is 12.1 Å². The van der Waals surface area contributed by atoms with Crippen molar-refractivity contribution < 1.29 is 13.2 Å². The zero-order valence-corrected chi connectivity index (χ0v) is 13.5. The lowest BCUT2D eigenvalue weighted by Crippen LogP contribution is -2.37. The van der Waals surface area contributed by atoms with Crippen molar-refractivity contribution in [2.45, 2.75) is 37.5 Å². The van der Waals surface area contributed by atoms with Gasteiger partial charge in [0.1, 0.15) is 0 Å². The molecule has 1 N–H and O–H groups in total. The average molecular weight is 365 g/mol. The van der Waals surface area contributed by atoms with E-state index in [2.05, 4.69) is 21.2 Å². The van der Waals surface area contributed by atoms with Crippen molar-refractivity contribution in [3.63, 3.8) is 0 Å². The van der Waals surface area contributed by atoms with E-state index in [4.69, 9.17) is 0 Å². The van der Waals surface area contributed by atoms with Gasteiger partial charge in [0.05, 0.1) is 6.54 Å². The third kappa shape index (κ3) is 5.60. The van der Waals surface area contributed by atoms with Gasteiger partial charge in [0.2, 0.25) is 0 Å². The molecule has 2 nitrogen and oxygen atoms in total. The van der Waals surface area contributed by atoms with Crippen LogP contribution in [0.3, 0.4) is 0 Å². The Morgan fingerprint density at radius 3 is 2.62 bits per heavy atom. The second kappa shape index (κ2) is 7.11. The number of hydrogen-bond acceptors (Lipinski definition) is 2. The molecule has 1 aliphatic carbocycles. The summed E-state index contributed by atoms with van der Waals surface area (Å²) in [4.78, 5) is 1.57. The minimum atomic E-state index is -4.12. The molecule has 1 aromatic rings. The highest BCUT2D eigenvalue weighted by Gasteiger charge is 2.37. The quantitative estimate of drug-likeness (QED) is 0.782. The monoisotopic (exact) mass is 364 g/mol. The second-order valence-electron chi connectivity index (χ2n) is 5.50. The van der Waals surface area contributed by atoms with E-state index >= 15 is 0 Å². The van der Waals surface area contributed by atoms with E-state index in [1.807, 2.05) is 31.3 Å². The molecule has 0 aliphatic heterocycles. The minimum Gasteiger partial charge on any atom is -0.313 e. The minimum absolute atomic E-state index is 0.0667. The highest BCUT2D eigenvalue weighted by Crippen LogP contribution is 2.31. The first-order valence-electron chi connectivity index (χ1n) is 7.12. The van der Waals surface area contributed by atoms with Crippen LogP contribution in [-0.2, 0) is 0 Å². The summed E-state index contributed by atoms with van der Waals surface area (Å²) >= 11 is 3.43. The zero-order chi connectivity index (χ0) is 15.5. The van der Waals surface area contributed by atoms with Crippen molar-refractivity contribution in [3.8, 4) is 0 Å². The fourth-order valence-corrected chi connectivity index (χ4v) is 2.97. The molecule has 2 rings (SSSR count). The van der Waals surface area contributed by atoms with E-state index in [0.29, 0.717) is 13.0 Å². The number of rotatable bonds is 7. The Labute approximate surface area is 131 Å². The third-order valence-electron chi connectivity index (χ3n) is 3.75. The van der Waals surface area contributed by atoms with Crippen LogP contribution >= 0.6 is 15.9 Å². The normalized spacial score (nSPS) is 17.2. The molecule has 0 saturated heterocycles. The molecule has 1 fully saturated rings. The summed E-state index contributed by atoms with van der Waals surface area (Å²) in [7, 11) is 1.84. The van der Waals surface area contributed by atoms with Gasteiger partial charge < -0.3 is 5.32 Å². The number of benzene rings is 1. The van der Waals surface area contributed by atoms with Crippen LogP contribution in [0.15, 0.2) is 28.7 Å². The Kier molecular flexibility index (Phi) is 5.68. The van der Waals surface area contributed by atoms with Crippen LogP contribution in [0, 0.1) is 0 Å². The number of nitrogens with one attached hydrogen (secondary N) is 1. The summed E-state index contributed by atoms with van der Waals surface area (Å²) in [6.45, 7) is -0.339. The van der Waals surface area contributed by atoms with E-state index in [9.17, 15) is 13.2 Å². The van der Waals surface area contributed by atoms with Gasteiger partial charge in [-0.3, -0.25) is 4.90 Å². The first-order chi connectivity index (χ1) is 9.89. The van der Waals surface area contributed by atoms with Crippen molar-refractivity contribution in [1.82, 2.24) is 10.2 Å². The molecule has 21 heavy (non-hydrogen) atoms. The predicted molar refractivity (Wildman–Crippen MR) is 81.2 cm³/mol. The van der Waals surface area contributed by atoms with Gasteiger partial charge in [0.15, 0.2) is 0 Å². The number of alkyl halides is 3. The summed E-state index contributed by atoms with van der Waals surface area (Å²) in [6.07, 6.45) is -1.68. The summed E-state index contributed by atoms with van der Waals surface area (Å²) < 4.78 is 38.8. The predicted octanol–water partition coefficient (Wildman–Crippen LogP) is 4.13. The molecular formula is C15H20BrF3N2. The lowest BCUT2D eigenvalue weighted by atomic mass is 10.0. The Bertz CT molecular complexity index is 460. The summed E-state index contributed by atoms with van der Waals surface area (Å²) in [6, 6.07) is 8.07. The van der Waals surface area contributed by atoms with Gasteiger partial charge in [0, 0.05) is 23.1 Å². The molecule has 1 atom stereocenters. The van der Waals surface area contributed by atoms with Crippen LogP contribution in [0.4, 0.5) is 13.2 Å². The molecule has 1 unspecified atom stereocenters. The summed E-state index contributed by atoms with van der Waals surface area (Å²) in [5.74, 6) is 0. The van der Waals surface area contributed by atoms with Crippen molar-refractivity contribution >= 4 is 15.9 Å². The Morgan fingerprint density at radius 2 is 2.10 bits per heavy atom. The van der Waals surface area contributed by atoms with E-state index in [1.54, 1.807) is 4.90 Å². The molecule has 0 heterocycles. The molecule has 118 valence electrons. The average Bonchev–Trinajstić information content (AvgIpc) is 3.21. The standard InChI is InChI=1S/C15H20BrF3N2/c1-20-14(11-3-2-4-12(16)9-11)7-8-21(13-5-6-13)10-15(17,18)19/h2-4,9,13-14,20H,5-8,10H2,1H3. The fourth-order valence-electron chi connectivity index (χ4n) is 2.56. The molecule has 1 aliphatic rings. The number of hydrogen-bond donors (Lipinski definition) is 1. The van der Waals surface area contributed by atoms with Crippen LogP contribution in [0.1, 0.15) is 30.9 Å². The Hall–Kier alpha value is -0.590. The van der Waals surface area contributed by atoms with Gasteiger partial charge in [-0.2, -0.15) is 13.2 Å². The van der Waals surface area contributed by atoms with Gasteiger partial charge >= 0.3 is 6.18 Å². The van der Waals surface area contributed by atoms with Gasteiger partial charge in [-0.15, -0.1) is 0 Å². The fraction of sp³-hybridized carbons (Fsp3) is 0.600. The summed E-state index contributed by atoms with van der Waals surface area (Å²) in [5, 5.41) is 3.19. The second-order valence-corrected chi connectivity index (χ2v) is 6.42. The lowest BCUT2D eigenvalue weighted by molar-refractivity contribution is -0.147. The smallest absolute Gasteiger partial charge is 0.313 e. The van der Waals surface area contributed by atoms with Crippen molar-refractivity contribution in [1.29, 1.82) is 0 Å². The van der Waals surface area contributed by atoms with Gasteiger partial charge in [-0.1, -0.05) is 28.1 Å². The molecule has 0 radical (unpaired) electrons. The number of halogens is 4. The molecule has 6 heteroatoms. The van der Waals surface area contributed by atoms with Crippen LogP contribution in [0.5, 0.6) is 0 Å². The lowest BCUT2D eigenvalue weighted by Gasteiger charge is -2.26. The molecular weight excluding hydrogens is 345 g/mol. The Balaban J connectivity index is 1.94. The van der Waals surface area contributed by atoms with Gasteiger partial charge in [-0.25, -0.2) is 0 Å². The molecule has 0 bridgehead atoms. The topological polar surface area (TPSA) is 15.3 Å². The highest BCUT2D eigenvalue weighted by molar-refractivity contribution is 9.10. The van der Waals surface area contributed by atoms with Crippen LogP contribution in [0.2, 0.25) is 0 Å². The molecule has 0 amide bonds. The maximum absolute atomic E-state index is 12.6. The highest BCUT2D eigenvalue weighted by atomic mass is 79.9. The SMILES string of the molecule is CNC(CCN(CC(F)(F)F)C1CC1)c1cccc(Br)c1. The molecule has 0 spiro atoms. The number of nitrogens with zero attached hydrogens (tertiary/aromatic N) is 1. The maximum atomic E-state index is 12.6. The molecule has 1 aromatic carbocycles. The maximum Gasteiger partial charge on any atom is 0.401 e. The van der Waals surface area contributed by atoms with Crippen LogP contribution in [0.25, 0.3) is 0 Å².